The van der Waals surface area contributed by atoms with Crippen molar-refractivity contribution in [2.45, 2.75) is 13.5 Å². The number of benzene rings is 2. The number of anilines is 2. The zero-order valence-electron chi connectivity index (χ0n) is 15.8. The Morgan fingerprint density at radius 1 is 1.00 bits per heavy atom. The van der Waals surface area contributed by atoms with E-state index in [-0.39, 0.29) is 17.4 Å². The summed E-state index contributed by atoms with van der Waals surface area (Å²) in [7, 11) is 0. The lowest BCUT2D eigenvalue weighted by Gasteiger charge is -2.09. The molecule has 0 spiro atoms. The number of nitrogens with one attached hydrogen (secondary N) is 2. The van der Waals surface area contributed by atoms with Crippen LogP contribution in [0.25, 0.3) is 0 Å². The molecule has 0 aliphatic heterocycles. The van der Waals surface area contributed by atoms with Crippen LogP contribution in [0.5, 0.6) is 0 Å². The van der Waals surface area contributed by atoms with Crippen LogP contribution >= 0.6 is 0 Å². The molecule has 0 saturated carbocycles. The standard InChI is InChI=1S/C22H20FN3O3/c1-2-29-22(28)16-5-9-18(10-6-16)26-21(27)20-13-19(11-12-24-20)25-14-15-3-7-17(23)8-4-15/h3-13H,2,14H2,1H3,(H,24,25)(H,26,27). The van der Waals surface area contributed by atoms with Gasteiger partial charge >= 0.3 is 5.97 Å². The summed E-state index contributed by atoms with van der Waals surface area (Å²) >= 11 is 0. The summed E-state index contributed by atoms with van der Waals surface area (Å²) in [6.45, 7) is 2.53. The molecule has 0 saturated heterocycles. The second kappa shape index (κ2) is 9.45. The lowest BCUT2D eigenvalue weighted by molar-refractivity contribution is 0.0526. The van der Waals surface area contributed by atoms with E-state index in [2.05, 4.69) is 15.6 Å². The van der Waals surface area contributed by atoms with Gasteiger partial charge in [0.15, 0.2) is 0 Å². The molecule has 0 fully saturated rings. The predicted molar refractivity (Wildman–Crippen MR) is 108 cm³/mol. The van der Waals surface area contributed by atoms with E-state index in [9.17, 15) is 14.0 Å². The lowest BCUT2D eigenvalue weighted by atomic mass is 10.2. The van der Waals surface area contributed by atoms with Crippen molar-refractivity contribution in [1.82, 2.24) is 4.98 Å². The average molecular weight is 393 g/mol. The highest BCUT2D eigenvalue weighted by Crippen LogP contribution is 2.14. The number of carbonyl (C=O) groups is 2. The fourth-order valence-electron chi connectivity index (χ4n) is 2.57. The van der Waals surface area contributed by atoms with Gasteiger partial charge in [-0.25, -0.2) is 9.18 Å². The van der Waals surface area contributed by atoms with Crippen molar-refractivity contribution in [3.8, 4) is 0 Å². The Morgan fingerprint density at radius 3 is 2.41 bits per heavy atom. The Bertz CT molecular complexity index is 989. The number of ether oxygens (including phenoxy) is 1. The number of halogens is 1. The summed E-state index contributed by atoms with van der Waals surface area (Å²) in [5.41, 5.74) is 2.82. The first kappa shape index (κ1) is 20.0. The average Bonchev–Trinajstić information content (AvgIpc) is 2.74. The van der Waals surface area contributed by atoms with Crippen LogP contribution in [-0.4, -0.2) is 23.5 Å². The van der Waals surface area contributed by atoms with Crippen LogP contribution in [0.3, 0.4) is 0 Å². The summed E-state index contributed by atoms with van der Waals surface area (Å²) in [5, 5.41) is 5.92. The van der Waals surface area contributed by atoms with E-state index < -0.39 is 5.97 Å². The summed E-state index contributed by atoms with van der Waals surface area (Å²) in [4.78, 5) is 28.2. The first-order chi connectivity index (χ1) is 14.0. The Morgan fingerprint density at radius 2 is 1.72 bits per heavy atom. The fourth-order valence-corrected chi connectivity index (χ4v) is 2.57. The quantitative estimate of drug-likeness (QED) is 0.586. The molecule has 0 aliphatic rings. The van der Waals surface area contributed by atoms with Crippen molar-refractivity contribution in [1.29, 1.82) is 0 Å². The highest BCUT2D eigenvalue weighted by atomic mass is 19.1. The first-order valence-electron chi connectivity index (χ1n) is 9.08. The molecule has 7 heteroatoms. The maximum atomic E-state index is 13.0. The van der Waals surface area contributed by atoms with Gasteiger partial charge in [-0.2, -0.15) is 0 Å². The monoisotopic (exact) mass is 393 g/mol. The van der Waals surface area contributed by atoms with Crippen LogP contribution in [0.2, 0.25) is 0 Å². The smallest absolute Gasteiger partial charge is 0.338 e. The van der Waals surface area contributed by atoms with Crippen molar-refractivity contribution in [2.75, 3.05) is 17.2 Å². The van der Waals surface area contributed by atoms with Gasteiger partial charge < -0.3 is 15.4 Å². The topological polar surface area (TPSA) is 80.3 Å². The zero-order valence-corrected chi connectivity index (χ0v) is 15.8. The minimum absolute atomic E-state index is 0.239. The molecular formula is C22H20FN3O3. The molecule has 0 atom stereocenters. The first-order valence-corrected chi connectivity index (χ1v) is 9.08. The molecule has 2 aromatic carbocycles. The van der Waals surface area contributed by atoms with E-state index in [4.69, 9.17) is 4.74 Å². The third kappa shape index (κ3) is 5.62. The van der Waals surface area contributed by atoms with E-state index in [0.29, 0.717) is 30.1 Å². The van der Waals surface area contributed by atoms with E-state index in [1.165, 1.54) is 18.3 Å². The van der Waals surface area contributed by atoms with Gasteiger partial charge in [0.2, 0.25) is 0 Å². The number of hydrogen-bond acceptors (Lipinski definition) is 5. The largest absolute Gasteiger partial charge is 0.462 e. The van der Waals surface area contributed by atoms with Crippen molar-refractivity contribution < 1.29 is 18.7 Å². The van der Waals surface area contributed by atoms with Gasteiger partial charge in [-0.3, -0.25) is 9.78 Å². The lowest BCUT2D eigenvalue weighted by Crippen LogP contribution is -2.14. The van der Waals surface area contributed by atoms with Crippen LogP contribution in [0.4, 0.5) is 15.8 Å². The van der Waals surface area contributed by atoms with Gasteiger partial charge in [0.05, 0.1) is 12.2 Å². The van der Waals surface area contributed by atoms with Crippen molar-refractivity contribution in [3.63, 3.8) is 0 Å². The number of pyridine rings is 1. The molecule has 3 aromatic rings. The summed E-state index contributed by atoms with van der Waals surface area (Å²) < 4.78 is 17.9. The van der Waals surface area contributed by atoms with E-state index in [1.54, 1.807) is 55.5 Å². The molecule has 0 radical (unpaired) electrons. The van der Waals surface area contributed by atoms with Gasteiger partial charge in [0, 0.05) is 24.1 Å². The molecule has 0 aliphatic carbocycles. The van der Waals surface area contributed by atoms with Crippen molar-refractivity contribution in [2.24, 2.45) is 0 Å². The predicted octanol–water partition coefficient (Wildman–Crippen LogP) is 4.26. The number of hydrogen-bond donors (Lipinski definition) is 2. The van der Waals surface area contributed by atoms with E-state index in [0.717, 1.165) is 5.56 Å². The molecule has 0 unspecified atom stereocenters. The molecule has 1 aromatic heterocycles. The van der Waals surface area contributed by atoms with Gasteiger partial charge in [-0.05, 0) is 61.0 Å². The Hall–Kier alpha value is -3.74. The van der Waals surface area contributed by atoms with Crippen LogP contribution in [0.1, 0.15) is 33.3 Å². The van der Waals surface area contributed by atoms with Crippen LogP contribution in [0, 0.1) is 5.82 Å². The highest BCUT2D eigenvalue weighted by Gasteiger charge is 2.10. The molecule has 0 bridgehead atoms. The molecule has 29 heavy (non-hydrogen) atoms. The summed E-state index contributed by atoms with van der Waals surface area (Å²) in [5.74, 6) is -1.07. The normalized spacial score (nSPS) is 10.3. The number of aromatic nitrogens is 1. The maximum absolute atomic E-state index is 13.0. The number of rotatable bonds is 7. The SMILES string of the molecule is CCOC(=O)c1ccc(NC(=O)c2cc(NCc3ccc(F)cc3)ccn2)cc1. The minimum Gasteiger partial charge on any atom is -0.462 e. The Labute approximate surface area is 167 Å². The van der Waals surface area contributed by atoms with Crippen molar-refractivity contribution in [3.05, 3.63) is 89.5 Å². The van der Waals surface area contributed by atoms with E-state index >= 15 is 0 Å². The minimum atomic E-state index is -0.410. The highest BCUT2D eigenvalue weighted by molar-refractivity contribution is 6.03. The van der Waals surface area contributed by atoms with Gasteiger partial charge in [-0.1, -0.05) is 12.1 Å². The van der Waals surface area contributed by atoms with Crippen LogP contribution < -0.4 is 10.6 Å². The molecular weight excluding hydrogens is 373 g/mol. The number of amides is 1. The maximum Gasteiger partial charge on any atom is 0.338 e. The number of nitrogens with zero attached hydrogens (tertiary/aromatic N) is 1. The zero-order chi connectivity index (χ0) is 20.6. The second-order valence-corrected chi connectivity index (χ2v) is 6.16. The molecule has 3 rings (SSSR count). The third-order valence-corrected chi connectivity index (χ3v) is 4.06. The second-order valence-electron chi connectivity index (χ2n) is 6.16. The molecule has 6 nitrogen and oxygen atoms in total. The summed E-state index contributed by atoms with van der Waals surface area (Å²) in [6.07, 6.45) is 1.53. The molecule has 2 N–H and O–H groups in total. The summed E-state index contributed by atoms with van der Waals surface area (Å²) in [6, 6.07) is 16.0. The van der Waals surface area contributed by atoms with Gasteiger partial charge in [0.1, 0.15) is 11.5 Å². The van der Waals surface area contributed by atoms with Gasteiger partial charge in [-0.15, -0.1) is 0 Å². The Balaban J connectivity index is 1.61. The number of esters is 1. The molecule has 1 heterocycles. The van der Waals surface area contributed by atoms with Gasteiger partial charge in [0.25, 0.3) is 5.91 Å². The van der Waals surface area contributed by atoms with E-state index in [1.807, 2.05) is 0 Å². The third-order valence-electron chi connectivity index (χ3n) is 4.06. The Kier molecular flexibility index (Phi) is 6.52. The fraction of sp³-hybridized carbons (Fsp3) is 0.136. The van der Waals surface area contributed by atoms with Crippen LogP contribution in [0.15, 0.2) is 66.9 Å². The number of carbonyl (C=O) groups excluding carboxylic acids is 2. The van der Waals surface area contributed by atoms with Crippen molar-refractivity contribution >= 4 is 23.3 Å². The van der Waals surface area contributed by atoms with Crippen LogP contribution in [-0.2, 0) is 11.3 Å². The molecule has 148 valence electrons. The molecule has 1 amide bonds.